The minimum Gasteiger partial charge on any atom is -0.444 e. The Labute approximate surface area is 233 Å². The SMILES string of the molecule is CCc1c(C#N)c(SC(C(N)=O)c2cc#ccc2)nc(N2CCC(CO)(NC(=O)OC(C)(C)C)CC2)c1C#N. The molecule has 3 rings (SSSR count). The maximum absolute atomic E-state index is 12.4. The van der Waals surface area contributed by atoms with Crippen LogP contribution in [0.3, 0.4) is 0 Å². The first-order valence-corrected chi connectivity index (χ1v) is 13.4. The number of rotatable bonds is 8. The van der Waals surface area contributed by atoms with Crippen molar-refractivity contribution in [1.82, 2.24) is 10.3 Å². The Balaban J connectivity index is 1.96. The van der Waals surface area contributed by atoms with Gasteiger partial charge in [-0.05, 0) is 69.4 Å². The summed E-state index contributed by atoms with van der Waals surface area (Å²) >= 11 is 1.05. The molecule has 1 fully saturated rings. The van der Waals surface area contributed by atoms with E-state index in [2.05, 4.69) is 29.6 Å². The highest BCUT2D eigenvalue weighted by atomic mass is 32.2. The minimum atomic E-state index is -0.888. The molecule has 1 unspecified atom stereocenters. The third kappa shape index (κ3) is 6.92. The zero-order valence-corrected chi connectivity index (χ0v) is 23.3. The van der Waals surface area contributed by atoms with E-state index in [0.717, 1.165) is 11.8 Å². The van der Waals surface area contributed by atoms with Crippen LogP contribution in [0.5, 0.6) is 0 Å². The number of aromatic nitrogens is 1. The van der Waals surface area contributed by atoms with Crippen LogP contribution in [0.25, 0.3) is 0 Å². The van der Waals surface area contributed by atoms with Gasteiger partial charge in [-0.2, -0.15) is 10.5 Å². The molecular formula is C28H32N6O4S. The lowest BCUT2D eigenvalue weighted by molar-refractivity contribution is -0.117. The number of carbonyl (C=O) groups is 2. The highest BCUT2D eigenvalue weighted by molar-refractivity contribution is 8.00. The lowest BCUT2D eigenvalue weighted by Crippen LogP contribution is -2.58. The molecule has 10 nitrogen and oxygen atoms in total. The van der Waals surface area contributed by atoms with Crippen LogP contribution in [0.4, 0.5) is 10.6 Å². The number of pyridine rings is 1. The van der Waals surface area contributed by atoms with Crippen LogP contribution < -0.4 is 16.0 Å². The predicted molar refractivity (Wildman–Crippen MR) is 146 cm³/mol. The molecule has 11 heteroatoms. The molecule has 0 spiro atoms. The van der Waals surface area contributed by atoms with Crippen molar-refractivity contribution < 1.29 is 19.4 Å². The Morgan fingerprint density at radius 2 is 1.95 bits per heavy atom. The average molecular weight is 549 g/mol. The molecule has 0 aliphatic carbocycles. The fraction of sp³-hybridized carbons (Fsp3) is 0.464. The maximum Gasteiger partial charge on any atom is 0.408 e. The number of amides is 2. The average Bonchev–Trinajstić information content (AvgIpc) is 2.90. The summed E-state index contributed by atoms with van der Waals surface area (Å²) in [7, 11) is 0. The summed E-state index contributed by atoms with van der Waals surface area (Å²) in [6.07, 6.45) is 0.539. The first-order chi connectivity index (χ1) is 18.5. The Kier molecular flexibility index (Phi) is 9.29. The van der Waals surface area contributed by atoms with E-state index in [1.54, 1.807) is 39.0 Å². The van der Waals surface area contributed by atoms with E-state index < -0.39 is 28.4 Å². The monoisotopic (exact) mass is 548 g/mol. The number of nitrogens with zero attached hydrogens (tertiary/aromatic N) is 4. The van der Waals surface area contributed by atoms with Crippen LogP contribution in [-0.2, 0) is 16.0 Å². The minimum absolute atomic E-state index is 0.230. The zero-order valence-electron chi connectivity index (χ0n) is 22.5. The third-order valence-corrected chi connectivity index (χ3v) is 7.65. The largest absolute Gasteiger partial charge is 0.444 e. The Bertz CT molecular complexity index is 1290. The van der Waals surface area contributed by atoms with E-state index in [4.69, 9.17) is 15.5 Å². The summed E-state index contributed by atoms with van der Waals surface area (Å²) < 4.78 is 5.37. The number of carbonyl (C=O) groups excluding carboxylic acids is 2. The number of piperidine rings is 1. The van der Waals surface area contributed by atoms with Crippen LogP contribution in [0.15, 0.2) is 23.2 Å². The van der Waals surface area contributed by atoms with Gasteiger partial charge in [0.2, 0.25) is 5.91 Å². The summed E-state index contributed by atoms with van der Waals surface area (Å²) in [6.45, 7) is 7.61. The van der Waals surface area contributed by atoms with Crippen LogP contribution in [0.2, 0.25) is 0 Å². The Morgan fingerprint density at radius 1 is 1.28 bits per heavy atom. The van der Waals surface area contributed by atoms with Crippen LogP contribution in [0, 0.1) is 34.8 Å². The quantitative estimate of drug-likeness (QED) is 0.420. The van der Waals surface area contributed by atoms with E-state index >= 15 is 0 Å². The van der Waals surface area contributed by atoms with E-state index in [1.807, 2.05) is 11.8 Å². The molecule has 4 N–H and O–H groups in total. The molecule has 1 aromatic carbocycles. The number of aliphatic hydroxyl groups is 1. The number of hydrogen-bond acceptors (Lipinski definition) is 9. The second-order valence-corrected chi connectivity index (χ2v) is 11.4. The van der Waals surface area contributed by atoms with E-state index in [-0.39, 0.29) is 17.7 Å². The molecule has 0 bridgehead atoms. The fourth-order valence-electron chi connectivity index (χ4n) is 4.41. The number of nitriles is 2. The van der Waals surface area contributed by atoms with Crippen molar-refractivity contribution >= 4 is 29.6 Å². The topological polar surface area (TPSA) is 165 Å². The molecule has 2 heterocycles. The molecule has 0 saturated carbocycles. The number of hydrogen-bond donors (Lipinski definition) is 3. The fourth-order valence-corrected chi connectivity index (χ4v) is 5.46. The number of primary amides is 1. The summed E-state index contributed by atoms with van der Waals surface area (Å²) in [6, 6.07) is 14.9. The van der Waals surface area contributed by atoms with Crippen molar-refractivity contribution in [2.45, 2.75) is 68.4 Å². The van der Waals surface area contributed by atoms with E-state index in [9.17, 15) is 25.2 Å². The van der Waals surface area contributed by atoms with Crippen molar-refractivity contribution in [3.8, 4) is 12.1 Å². The van der Waals surface area contributed by atoms with E-state index in [1.165, 1.54) is 0 Å². The van der Waals surface area contributed by atoms with E-state index in [0.29, 0.717) is 54.3 Å². The normalized spacial score (nSPS) is 15.3. The molecule has 1 aliphatic rings. The molecule has 1 aliphatic heterocycles. The summed E-state index contributed by atoms with van der Waals surface area (Å²) in [5.41, 5.74) is 5.79. The van der Waals surface area contributed by atoms with Crippen molar-refractivity contribution in [2.75, 3.05) is 24.6 Å². The van der Waals surface area contributed by atoms with Crippen molar-refractivity contribution in [3.05, 3.63) is 52.6 Å². The van der Waals surface area contributed by atoms with Crippen molar-refractivity contribution in [1.29, 1.82) is 10.5 Å². The van der Waals surface area contributed by atoms with Gasteiger partial charge in [-0.1, -0.05) is 30.8 Å². The maximum atomic E-state index is 12.4. The molecule has 2 amide bonds. The van der Waals surface area contributed by atoms with Crippen molar-refractivity contribution in [2.24, 2.45) is 5.73 Å². The molecule has 1 saturated heterocycles. The van der Waals surface area contributed by atoms with Gasteiger partial charge in [0, 0.05) is 13.1 Å². The third-order valence-electron chi connectivity index (χ3n) is 6.39. The van der Waals surface area contributed by atoms with Gasteiger partial charge in [-0.25, -0.2) is 9.78 Å². The van der Waals surface area contributed by atoms with Crippen LogP contribution in [0.1, 0.15) is 68.0 Å². The lowest BCUT2D eigenvalue weighted by atomic mass is 9.88. The molecule has 1 atom stereocenters. The van der Waals surface area contributed by atoms with Gasteiger partial charge in [0.05, 0.1) is 23.3 Å². The van der Waals surface area contributed by atoms with Crippen molar-refractivity contribution in [3.63, 3.8) is 0 Å². The number of thioether (sulfide) groups is 1. The Morgan fingerprint density at radius 3 is 2.44 bits per heavy atom. The molecular weight excluding hydrogens is 516 g/mol. The highest BCUT2D eigenvalue weighted by Gasteiger charge is 2.38. The molecule has 1 aromatic heterocycles. The van der Waals surface area contributed by atoms with Gasteiger partial charge >= 0.3 is 6.09 Å². The van der Waals surface area contributed by atoms with Gasteiger partial charge in [0.1, 0.15) is 33.8 Å². The lowest BCUT2D eigenvalue weighted by Gasteiger charge is -2.42. The number of ether oxygens (including phenoxy) is 1. The second-order valence-electron chi connectivity index (χ2n) is 10.3. The van der Waals surface area contributed by atoms with Gasteiger partial charge in [-0.15, -0.1) is 0 Å². The molecule has 2 aromatic rings. The van der Waals surface area contributed by atoms with Crippen LogP contribution >= 0.6 is 11.8 Å². The summed E-state index contributed by atoms with van der Waals surface area (Å²) in [5.74, 6) is -0.219. The molecule has 204 valence electrons. The standard InChI is InChI=1S/C28H32N6O4S/c1-5-19-20(15-29)24(34-13-11-28(17-35,12-14-34)33-26(37)38-27(2,3)4)32-25(21(19)16-30)39-22(23(31)36)18-9-7-6-8-10-18/h7,9-10,22,35H,5,11-14,17H2,1-4H3,(H2,31,36)(H,33,37). The summed E-state index contributed by atoms with van der Waals surface area (Å²) in [5, 5.41) is 32.5. The number of alkyl carbamates (subject to hydrolysis) is 1. The molecule has 39 heavy (non-hydrogen) atoms. The predicted octanol–water partition coefficient (Wildman–Crippen LogP) is 3.16. The number of anilines is 1. The van der Waals surface area contributed by atoms with Gasteiger partial charge < -0.3 is 25.8 Å². The van der Waals surface area contributed by atoms with Gasteiger partial charge in [0.15, 0.2) is 0 Å². The molecule has 0 radical (unpaired) electrons. The zero-order chi connectivity index (χ0) is 28.8. The second kappa shape index (κ2) is 12.3. The van der Waals surface area contributed by atoms with Crippen LogP contribution in [-0.4, -0.2) is 52.9 Å². The van der Waals surface area contributed by atoms with Gasteiger partial charge in [0.25, 0.3) is 0 Å². The smallest absolute Gasteiger partial charge is 0.408 e. The highest BCUT2D eigenvalue weighted by Crippen LogP contribution is 2.40. The number of aliphatic hydroxyl groups excluding tert-OH is 1. The summed E-state index contributed by atoms with van der Waals surface area (Å²) in [4.78, 5) is 31.4. The first-order valence-electron chi connectivity index (χ1n) is 12.5. The number of nitrogens with one attached hydrogen (secondary N) is 1. The van der Waals surface area contributed by atoms with Gasteiger partial charge in [-0.3, -0.25) is 4.79 Å². The Hall–Kier alpha value is -3.98. The number of nitrogens with two attached hydrogens (primary N) is 1. The first kappa shape index (κ1) is 29.6.